The zero-order chi connectivity index (χ0) is 12.0. The number of aromatic nitrogens is 1. The van der Waals surface area contributed by atoms with Gasteiger partial charge in [0.05, 0.1) is 0 Å². The molecule has 0 aliphatic rings. The fourth-order valence-corrected chi connectivity index (χ4v) is 3.91. The maximum Gasteiger partial charge on any atom is 0.150 e. The zero-order valence-corrected chi connectivity index (χ0v) is 12.3. The van der Waals surface area contributed by atoms with Gasteiger partial charge in [-0.05, 0) is 26.3 Å². The monoisotopic (exact) mass is 258 g/mol. The molecule has 0 amide bonds. The lowest BCUT2D eigenvalue weighted by molar-refractivity contribution is 0.494. The van der Waals surface area contributed by atoms with Crippen molar-refractivity contribution in [2.24, 2.45) is 0 Å². The molecule has 0 fully saturated rings. The molecule has 0 aliphatic carbocycles. The molecule has 1 heterocycles. The third-order valence-corrected chi connectivity index (χ3v) is 4.87. The highest BCUT2D eigenvalue weighted by Gasteiger charge is 2.16. The summed E-state index contributed by atoms with van der Waals surface area (Å²) in [5.41, 5.74) is 1.13. The number of rotatable bonds is 7. The Morgan fingerprint density at radius 3 is 2.75 bits per heavy atom. The van der Waals surface area contributed by atoms with Crippen LogP contribution in [0.15, 0.2) is 9.72 Å². The standard InChI is InChI=1S/C12H22N2S2/c1-5-7-13-11(6-2)10(4)16-12-14-9(3)8-15-12/h8,10-11,13H,5-7H2,1-4H3. The first kappa shape index (κ1) is 14.0. The predicted molar refractivity (Wildman–Crippen MR) is 74.5 cm³/mol. The van der Waals surface area contributed by atoms with Gasteiger partial charge in [-0.2, -0.15) is 0 Å². The van der Waals surface area contributed by atoms with Crippen LogP contribution in [0.4, 0.5) is 0 Å². The van der Waals surface area contributed by atoms with E-state index in [0.717, 1.165) is 12.2 Å². The molecule has 0 bridgehead atoms. The molecule has 16 heavy (non-hydrogen) atoms. The normalized spacial score (nSPS) is 15.0. The van der Waals surface area contributed by atoms with E-state index in [2.05, 4.69) is 43.4 Å². The molecule has 1 rings (SSSR count). The molecular formula is C12H22N2S2. The van der Waals surface area contributed by atoms with Crippen molar-refractivity contribution in [3.8, 4) is 0 Å². The van der Waals surface area contributed by atoms with Crippen LogP contribution in [-0.2, 0) is 0 Å². The van der Waals surface area contributed by atoms with E-state index >= 15 is 0 Å². The van der Waals surface area contributed by atoms with Gasteiger partial charge in [-0.25, -0.2) is 4.98 Å². The van der Waals surface area contributed by atoms with Gasteiger partial charge in [0.2, 0.25) is 0 Å². The molecule has 1 N–H and O–H groups in total. The topological polar surface area (TPSA) is 24.9 Å². The molecule has 2 atom stereocenters. The summed E-state index contributed by atoms with van der Waals surface area (Å²) in [7, 11) is 0. The summed E-state index contributed by atoms with van der Waals surface area (Å²) in [5, 5.41) is 6.31. The van der Waals surface area contributed by atoms with Gasteiger partial charge in [0.15, 0.2) is 0 Å². The van der Waals surface area contributed by atoms with Crippen molar-refractivity contribution in [1.29, 1.82) is 0 Å². The average molecular weight is 258 g/mol. The number of hydrogen-bond donors (Lipinski definition) is 1. The third kappa shape index (κ3) is 4.44. The van der Waals surface area contributed by atoms with E-state index in [0.29, 0.717) is 11.3 Å². The van der Waals surface area contributed by atoms with Crippen LogP contribution in [0.1, 0.15) is 39.3 Å². The predicted octanol–water partition coefficient (Wildman–Crippen LogP) is 3.71. The van der Waals surface area contributed by atoms with Crippen LogP contribution in [-0.4, -0.2) is 22.8 Å². The van der Waals surface area contributed by atoms with E-state index in [-0.39, 0.29) is 0 Å². The smallest absolute Gasteiger partial charge is 0.150 e. The Kier molecular flexibility index (Phi) is 6.39. The Hall–Kier alpha value is -0.0600. The van der Waals surface area contributed by atoms with E-state index < -0.39 is 0 Å². The lowest BCUT2D eigenvalue weighted by Gasteiger charge is -2.22. The Morgan fingerprint density at radius 2 is 2.25 bits per heavy atom. The van der Waals surface area contributed by atoms with Crippen molar-refractivity contribution in [3.63, 3.8) is 0 Å². The summed E-state index contributed by atoms with van der Waals surface area (Å²) in [6.45, 7) is 9.91. The number of thiazole rings is 1. The van der Waals surface area contributed by atoms with Crippen molar-refractivity contribution in [3.05, 3.63) is 11.1 Å². The highest BCUT2D eigenvalue weighted by atomic mass is 32.2. The molecule has 0 spiro atoms. The van der Waals surface area contributed by atoms with Crippen molar-refractivity contribution in [2.75, 3.05) is 6.54 Å². The second-order valence-corrected chi connectivity index (χ2v) is 6.53. The molecule has 2 unspecified atom stereocenters. The summed E-state index contributed by atoms with van der Waals surface area (Å²) in [6.07, 6.45) is 2.38. The van der Waals surface area contributed by atoms with Crippen LogP contribution < -0.4 is 5.32 Å². The van der Waals surface area contributed by atoms with E-state index in [1.165, 1.54) is 17.2 Å². The Bertz CT molecular complexity index is 299. The Balaban J connectivity index is 2.45. The second kappa shape index (κ2) is 7.30. The number of thioether (sulfide) groups is 1. The van der Waals surface area contributed by atoms with Gasteiger partial charge in [0.1, 0.15) is 4.34 Å². The minimum atomic E-state index is 0.585. The zero-order valence-electron chi connectivity index (χ0n) is 10.6. The molecule has 1 aromatic rings. The van der Waals surface area contributed by atoms with Gasteiger partial charge >= 0.3 is 0 Å². The molecule has 0 saturated heterocycles. The van der Waals surface area contributed by atoms with E-state index in [9.17, 15) is 0 Å². The van der Waals surface area contributed by atoms with Crippen LogP contribution >= 0.6 is 23.1 Å². The van der Waals surface area contributed by atoms with Crippen LogP contribution in [0.2, 0.25) is 0 Å². The van der Waals surface area contributed by atoms with Gasteiger partial charge in [0, 0.05) is 22.4 Å². The fraction of sp³-hybridized carbons (Fsp3) is 0.750. The summed E-state index contributed by atoms with van der Waals surface area (Å²) in [5.74, 6) is 0. The molecular weight excluding hydrogens is 236 g/mol. The largest absolute Gasteiger partial charge is 0.313 e. The van der Waals surface area contributed by atoms with Gasteiger partial charge in [-0.15, -0.1) is 11.3 Å². The highest BCUT2D eigenvalue weighted by Crippen LogP contribution is 2.28. The van der Waals surface area contributed by atoms with Gasteiger partial charge < -0.3 is 5.32 Å². The molecule has 4 heteroatoms. The summed E-state index contributed by atoms with van der Waals surface area (Å²) >= 11 is 3.65. The maximum atomic E-state index is 4.50. The van der Waals surface area contributed by atoms with Crippen molar-refractivity contribution in [2.45, 2.75) is 56.2 Å². The third-order valence-electron chi connectivity index (χ3n) is 2.55. The molecule has 92 valence electrons. The number of hydrogen-bond acceptors (Lipinski definition) is 4. The van der Waals surface area contributed by atoms with E-state index in [4.69, 9.17) is 0 Å². The quantitative estimate of drug-likeness (QED) is 0.755. The Morgan fingerprint density at radius 1 is 1.50 bits per heavy atom. The van der Waals surface area contributed by atoms with E-state index in [1.807, 2.05) is 11.8 Å². The number of aryl methyl sites for hydroxylation is 1. The molecule has 0 aromatic carbocycles. The number of nitrogens with one attached hydrogen (secondary N) is 1. The van der Waals surface area contributed by atoms with Gasteiger partial charge in [-0.3, -0.25) is 0 Å². The lowest BCUT2D eigenvalue weighted by atomic mass is 10.1. The molecule has 0 aliphatic heterocycles. The Labute approximate surface area is 107 Å². The fourth-order valence-electron chi connectivity index (χ4n) is 1.60. The SMILES string of the molecule is CCCNC(CC)C(C)Sc1nc(C)cs1. The maximum absolute atomic E-state index is 4.50. The van der Waals surface area contributed by atoms with Gasteiger partial charge in [-0.1, -0.05) is 32.5 Å². The molecule has 0 saturated carbocycles. The van der Waals surface area contributed by atoms with Crippen LogP contribution in [0.5, 0.6) is 0 Å². The first-order valence-electron chi connectivity index (χ1n) is 5.99. The minimum Gasteiger partial charge on any atom is -0.313 e. The first-order valence-corrected chi connectivity index (χ1v) is 7.75. The van der Waals surface area contributed by atoms with E-state index in [1.54, 1.807) is 11.3 Å². The number of nitrogens with zero attached hydrogens (tertiary/aromatic N) is 1. The summed E-state index contributed by atoms with van der Waals surface area (Å²) < 4.78 is 1.20. The van der Waals surface area contributed by atoms with Gasteiger partial charge in [0.25, 0.3) is 0 Å². The first-order chi connectivity index (χ1) is 7.67. The molecule has 2 nitrogen and oxygen atoms in total. The second-order valence-electron chi connectivity index (χ2n) is 4.05. The van der Waals surface area contributed by atoms with Crippen molar-refractivity contribution < 1.29 is 0 Å². The molecule has 1 aromatic heterocycles. The summed E-state index contributed by atoms with van der Waals surface area (Å²) in [4.78, 5) is 4.50. The van der Waals surface area contributed by atoms with Crippen LogP contribution in [0, 0.1) is 6.92 Å². The molecule has 0 radical (unpaired) electrons. The minimum absolute atomic E-state index is 0.585. The average Bonchev–Trinajstić information content (AvgIpc) is 2.65. The highest BCUT2D eigenvalue weighted by molar-refractivity contribution is 8.01. The van der Waals surface area contributed by atoms with Crippen LogP contribution in [0.25, 0.3) is 0 Å². The van der Waals surface area contributed by atoms with Crippen LogP contribution in [0.3, 0.4) is 0 Å². The summed E-state index contributed by atoms with van der Waals surface area (Å²) in [6, 6.07) is 0.592. The van der Waals surface area contributed by atoms with Crippen molar-refractivity contribution >= 4 is 23.1 Å². The van der Waals surface area contributed by atoms with Crippen molar-refractivity contribution in [1.82, 2.24) is 10.3 Å². The lowest BCUT2D eigenvalue weighted by Crippen LogP contribution is -2.36.